The van der Waals surface area contributed by atoms with Gasteiger partial charge >= 0.3 is 0 Å². The average molecular weight is 466 g/mol. The van der Waals surface area contributed by atoms with Crippen molar-refractivity contribution < 1.29 is 9.90 Å². The van der Waals surface area contributed by atoms with E-state index in [0.29, 0.717) is 28.2 Å². The van der Waals surface area contributed by atoms with Gasteiger partial charge in [0, 0.05) is 11.4 Å². The Morgan fingerprint density at radius 2 is 1.97 bits per heavy atom. The summed E-state index contributed by atoms with van der Waals surface area (Å²) >= 11 is 2.91. The van der Waals surface area contributed by atoms with Crippen molar-refractivity contribution >= 4 is 44.9 Å². The molecule has 1 aliphatic carbocycles. The molecule has 2 aromatic heterocycles. The molecular formula is C23H23N5O2S2. The van der Waals surface area contributed by atoms with Crippen molar-refractivity contribution in [3.63, 3.8) is 0 Å². The second-order valence-electron chi connectivity index (χ2n) is 7.70. The monoisotopic (exact) mass is 465 g/mol. The number of hydrogen-bond acceptors (Lipinski definition) is 7. The fourth-order valence-electron chi connectivity index (χ4n) is 3.98. The Hall–Kier alpha value is -2.91. The molecule has 2 aromatic carbocycles. The van der Waals surface area contributed by atoms with Crippen molar-refractivity contribution in [2.45, 2.75) is 44.3 Å². The second-order valence-corrected chi connectivity index (χ2v) is 9.73. The van der Waals surface area contributed by atoms with E-state index >= 15 is 0 Å². The lowest BCUT2D eigenvalue weighted by Crippen LogP contribution is -2.14. The summed E-state index contributed by atoms with van der Waals surface area (Å²) in [7, 11) is 0. The third-order valence-corrected chi connectivity index (χ3v) is 7.60. The van der Waals surface area contributed by atoms with Gasteiger partial charge in [0.05, 0.1) is 17.0 Å². The number of phenolic OH excluding ortho intramolecular Hbond substituents is 1. The van der Waals surface area contributed by atoms with Gasteiger partial charge in [-0.3, -0.25) is 4.79 Å². The zero-order valence-corrected chi connectivity index (χ0v) is 19.3. The topological polar surface area (TPSA) is 92.9 Å². The number of phenols is 1. The molecule has 2 N–H and O–H groups in total. The van der Waals surface area contributed by atoms with Crippen LogP contribution in [-0.2, 0) is 24.2 Å². The molecule has 164 valence electrons. The first kappa shape index (κ1) is 21.0. The van der Waals surface area contributed by atoms with E-state index in [0.717, 1.165) is 29.3 Å². The van der Waals surface area contributed by atoms with E-state index in [1.807, 2.05) is 41.8 Å². The number of aryl methyl sites for hydroxylation is 2. The summed E-state index contributed by atoms with van der Waals surface area (Å²) in [6, 6.07) is 11.5. The van der Waals surface area contributed by atoms with Crippen LogP contribution in [-0.4, -0.2) is 36.5 Å². The lowest BCUT2D eigenvalue weighted by atomic mass is 10.0. The highest BCUT2D eigenvalue weighted by atomic mass is 32.2. The van der Waals surface area contributed by atoms with Crippen molar-refractivity contribution in [2.24, 2.45) is 0 Å². The summed E-state index contributed by atoms with van der Waals surface area (Å²) in [5.74, 6) is 0.854. The van der Waals surface area contributed by atoms with Crippen molar-refractivity contribution in [3.05, 3.63) is 47.0 Å². The van der Waals surface area contributed by atoms with Crippen LogP contribution >= 0.6 is 23.1 Å². The van der Waals surface area contributed by atoms with Crippen LogP contribution in [0.2, 0.25) is 0 Å². The zero-order chi connectivity index (χ0) is 22.1. The van der Waals surface area contributed by atoms with Crippen LogP contribution in [0.1, 0.15) is 30.3 Å². The van der Waals surface area contributed by atoms with Crippen LogP contribution in [0.3, 0.4) is 0 Å². The highest BCUT2D eigenvalue weighted by molar-refractivity contribution is 7.99. The van der Waals surface area contributed by atoms with Crippen molar-refractivity contribution in [1.82, 2.24) is 19.7 Å². The summed E-state index contributed by atoms with van der Waals surface area (Å²) in [5, 5.41) is 25.4. The highest BCUT2D eigenvalue weighted by Gasteiger charge is 2.19. The first-order valence-corrected chi connectivity index (χ1v) is 12.5. The van der Waals surface area contributed by atoms with Crippen LogP contribution in [0.25, 0.3) is 22.2 Å². The van der Waals surface area contributed by atoms with Crippen LogP contribution in [0, 0.1) is 0 Å². The van der Waals surface area contributed by atoms with E-state index in [2.05, 4.69) is 20.5 Å². The Morgan fingerprint density at radius 1 is 1.19 bits per heavy atom. The minimum atomic E-state index is -0.109. The summed E-state index contributed by atoms with van der Waals surface area (Å²) in [5.41, 5.74) is 1.76. The first-order valence-electron chi connectivity index (χ1n) is 10.7. The molecule has 0 bridgehead atoms. The van der Waals surface area contributed by atoms with Gasteiger partial charge < -0.3 is 15.0 Å². The maximum absolute atomic E-state index is 12.5. The smallest absolute Gasteiger partial charge is 0.236 e. The van der Waals surface area contributed by atoms with Crippen molar-refractivity contribution in [3.8, 4) is 17.1 Å². The summed E-state index contributed by atoms with van der Waals surface area (Å²) in [4.78, 5) is 18.4. The van der Waals surface area contributed by atoms with Crippen LogP contribution in [0.4, 0.5) is 5.13 Å². The number of rotatable bonds is 6. The lowest BCUT2D eigenvalue weighted by molar-refractivity contribution is -0.113. The Kier molecular flexibility index (Phi) is 5.84. The van der Waals surface area contributed by atoms with E-state index in [1.165, 1.54) is 29.5 Å². The fourth-order valence-corrected chi connectivity index (χ4v) is 5.85. The first-order chi connectivity index (χ1) is 15.6. The van der Waals surface area contributed by atoms with Gasteiger partial charge in [0.2, 0.25) is 5.91 Å². The van der Waals surface area contributed by atoms with Gasteiger partial charge in [0.25, 0.3) is 0 Å². The second kappa shape index (κ2) is 8.91. The third-order valence-electron chi connectivity index (χ3n) is 5.56. The molecule has 0 aliphatic heterocycles. The molecule has 2 heterocycles. The van der Waals surface area contributed by atoms with Gasteiger partial charge in [0.1, 0.15) is 5.75 Å². The predicted octanol–water partition coefficient (Wildman–Crippen LogP) is 4.89. The minimum absolute atomic E-state index is 0.109. The number of nitrogens with one attached hydrogen (secondary N) is 1. The molecule has 32 heavy (non-hydrogen) atoms. The van der Waals surface area contributed by atoms with Crippen LogP contribution < -0.4 is 5.32 Å². The van der Waals surface area contributed by atoms with Gasteiger partial charge in [-0.15, -0.1) is 21.5 Å². The molecule has 0 saturated heterocycles. The Labute approximate surface area is 193 Å². The van der Waals surface area contributed by atoms with Crippen LogP contribution in [0.5, 0.6) is 5.75 Å². The maximum Gasteiger partial charge on any atom is 0.236 e. The number of carbonyl (C=O) groups excluding carboxylic acids is 1. The molecule has 1 aliphatic rings. The minimum Gasteiger partial charge on any atom is -0.507 e. The van der Waals surface area contributed by atoms with E-state index in [-0.39, 0.29) is 17.4 Å². The average Bonchev–Trinajstić information content (AvgIpc) is 3.40. The number of anilines is 1. The van der Waals surface area contributed by atoms with Crippen LogP contribution in [0.15, 0.2) is 41.6 Å². The number of hydrogen-bond donors (Lipinski definition) is 2. The number of aromatic nitrogens is 4. The van der Waals surface area contributed by atoms with E-state index in [9.17, 15) is 9.90 Å². The number of aromatic hydroxyl groups is 1. The molecule has 0 radical (unpaired) electrons. The molecule has 7 nitrogen and oxygen atoms in total. The van der Waals surface area contributed by atoms with E-state index in [1.54, 1.807) is 17.4 Å². The lowest BCUT2D eigenvalue weighted by Gasteiger charge is -2.10. The quantitative estimate of drug-likeness (QED) is 0.394. The van der Waals surface area contributed by atoms with Crippen molar-refractivity contribution in [2.75, 3.05) is 11.1 Å². The molecule has 0 fully saturated rings. The van der Waals surface area contributed by atoms with E-state index < -0.39 is 0 Å². The molecule has 0 saturated carbocycles. The van der Waals surface area contributed by atoms with Gasteiger partial charge in [0.15, 0.2) is 16.1 Å². The molecule has 0 atom stereocenters. The number of thiazole rings is 1. The molecule has 0 unspecified atom stereocenters. The third kappa shape index (κ3) is 4.10. The molecular weight excluding hydrogens is 442 g/mol. The van der Waals surface area contributed by atoms with Gasteiger partial charge in [-0.05, 0) is 55.5 Å². The normalized spacial score (nSPS) is 13.3. The maximum atomic E-state index is 12.5. The fraction of sp³-hybridized carbons (Fsp3) is 0.304. The number of benzene rings is 2. The SMILES string of the molecule is CCn1c(SCC(=O)Nc2nc3c(s2)CCCC3)nnc1-c1cc2ccccc2cc1O. The number of carbonyl (C=O) groups is 1. The number of amides is 1. The zero-order valence-electron chi connectivity index (χ0n) is 17.7. The van der Waals surface area contributed by atoms with Gasteiger partial charge in [-0.25, -0.2) is 4.98 Å². The molecule has 9 heteroatoms. The molecule has 5 rings (SSSR count). The van der Waals surface area contributed by atoms with Crippen molar-refractivity contribution in [1.29, 1.82) is 0 Å². The number of fused-ring (bicyclic) bond motifs is 2. The van der Waals surface area contributed by atoms with Gasteiger partial charge in [-0.2, -0.15) is 0 Å². The summed E-state index contributed by atoms with van der Waals surface area (Å²) < 4.78 is 1.92. The molecule has 4 aromatic rings. The Bertz CT molecular complexity index is 1270. The standard InChI is InChI=1S/C23H23N5O2S2/c1-2-28-21(16-11-14-7-3-4-8-15(14)12-18(16)29)26-27-23(28)31-13-20(30)25-22-24-17-9-5-6-10-19(17)32-22/h3-4,7-8,11-12,29H,2,5-6,9-10,13H2,1H3,(H,24,25,30). The molecule has 0 spiro atoms. The summed E-state index contributed by atoms with van der Waals surface area (Å²) in [6.07, 6.45) is 4.42. The van der Waals surface area contributed by atoms with Gasteiger partial charge in [-0.1, -0.05) is 36.0 Å². The highest BCUT2D eigenvalue weighted by Crippen LogP contribution is 2.34. The Balaban J connectivity index is 1.32. The largest absolute Gasteiger partial charge is 0.507 e. The Morgan fingerprint density at radius 3 is 2.75 bits per heavy atom. The van der Waals surface area contributed by atoms with E-state index in [4.69, 9.17) is 0 Å². The molecule has 1 amide bonds. The number of thioether (sulfide) groups is 1. The predicted molar refractivity (Wildman–Crippen MR) is 128 cm³/mol. The summed E-state index contributed by atoms with van der Waals surface area (Å²) in [6.45, 7) is 2.62. The number of nitrogens with zero attached hydrogens (tertiary/aromatic N) is 4.